The number of hydrogen-bond acceptors (Lipinski definition) is 5. The quantitative estimate of drug-likeness (QED) is 0.499. The van der Waals surface area contributed by atoms with Crippen LogP contribution in [0.4, 0.5) is 0 Å². The Morgan fingerprint density at radius 3 is 2.37 bits per heavy atom. The zero-order chi connectivity index (χ0) is 24.9. The first-order chi connectivity index (χ1) is 17.1. The zero-order valence-electron chi connectivity index (χ0n) is 20.4. The number of nitrogens with one attached hydrogen (secondary N) is 2. The van der Waals surface area contributed by atoms with Gasteiger partial charge in [0.25, 0.3) is 5.91 Å². The second kappa shape index (κ2) is 14.5. The van der Waals surface area contributed by atoms with Gasteiger partial charge in [-0.05, 0) is 49.0 Å². The van der Waals surface area contributed by atoms with Crippen LogP contribution < -0.4 is 10.6 Å². The average molecular weight is 497 g/mol. The van der Waals surface area contributed by atoms with Gasteiger partial charge in [0.05, 0.1) is 6.54 Å². The van der Waals surface area contributed by atoms with Gasteiger partial charge in [0.2, 0.25) is 11.8 Å². The summed E-state index contributed by atoms with van der Waals surface area (Å²) in [7, 11) is 0. The van der Waals surface area contributed by atoms with Gasteiger partial charge < -0.3 is 15.5 Å². The first-order valence-electron chi connectivity index (χ1n) is 12.2. The average Bonchev–Trinajstić information content (AvgIpc) is 3.12. The fourth-order valence-electron chi connectivity index (χ4n) is 4.14. The van der Waals surface area contributed by atoms with E-state index in [0.717, 1.165) is 25.1 Å². The van der Waals surface area contributed by atoms with Crippen molar-refractivity contribution >= 4 is 29.5 Å². The third-order valence-electron chi connectivity index (χ3n) is 6.10. The molecule has 1 aliphatic rings. The molecule has 1 heterocycles. The van der Waals surface area contributed by atoms with E-state index >= 15 is 0 Å². The Kier molecular flexibility index (Phi) is 11.1. The standard InChI is InChI=1S/C27H36N4O3S/c1-35-20-14-24(29-26(33)23-11-6-3-7-12-23)27(34)31-17-8-16-30(18-19-31)21-25(32)28-15-13-22-9-4-2-5-10-22/h2-7,9-12,24H,8,13-21H2,1H3,(H,28,32)(H,29,33). The van der Waals surface area contributed by atoms with Crippen LogP contribution in [0, 0.1) is 0 Å². The topological polar surface area (TPSA) is 81.8 Å². The van der Waals surface area contributed by atoms with Crippen LogP contribution in [0.25, 0.3) is 0 Å². The van der Waals surface area contributed by atoms with E-state index in [1.54, 1.807) is 23.9 Å². The lowest BCUT2D eigenvalue weighted by molar-refractivity contribution is -0.133. The highest BCUT2D eigenvalue weighted by Crippen LogP contribution is 2.10. The van der Waals surface area contributed by atoms with E-state index < -0.39 is 6.04 Å². The molecular formula is C27H36N4O3S. The molecule has 3 amide bonds. The number of carbonyl (C=O) groups excluding carboxylic acids is 3. The molecule has 35 heavy (non-hydrogen) atoms. The summed E-state index contributed by atoms with van der Waals surface area (Å²) in [4.78, 5) is 42.4. The lowest BCUT2D eigenvalue weighted by Crippen LogP contribution is -2.50. The predicted octanol–water partition coefficient (Wildman–Crippen LogP) is 2.43. The number of amides is 3. The normalized spacial score (nSPS) is 15.2. The molecule has 0 saturated carbocycles. The van der Waals surface area contributed by atoms with Gasteiger partial charge in [0.1, 0.15) is 6.04 Å². The molecule has 1 fully saturated rings. The summed E-state index contributed by atoms with van der Waals surface area (Å²) in [5.74, 6) is 0.522. The number of rotatable bonds is 11. The van der Waals surface area contributed by atoms with Crippen molar-refractivity contribution in [2.75, 3.05) is 51.3 Å². The van der Waals surface area contributed by atoms with E-state index in [2.05, 4.69) is 27.7 Å². The number of carbonyl (C=O) groups is 3. The van der Waals surface area contributed by atoms with E-state index in [1.807, 2.05) is 47.6 Å². The summed E-state index contributed by atoms with van der Waals surface area (Å²) in [6.07, 6.45) is 4.18. The molecule has 2 aromatic carbocycles. The van der Waals surface area contributed by atoms with Gasteiger partial charge in [0, 0.05) is 38.3 Å². The van der Waals surface area contributed by atoms with E-state index in [1.165, 1.54) is 5.56 Å². The van der Waals surface area contributed by atoms with Crippen molar-refractivity contribution in [3.8, 4) is 0 Å². The van der Waals surface area contributed by atoms with Crippen LogP contribution in [0.2, 0.25) is 0 Å². The second-order valence-electron chi connectivity index (χ2n) is 8.71. The van der Waals surface area contributed by atoms with Gasteiger partial charge in [-0.2, -0.15) is 11.8 Å². The Morgan fingerprint density at radius 2 is 1.66 bits per heavy atom. The molecule has 7 nitrogen and oxygen atoms in total. The first-order valence-corrected chi connectivity index (χ1v) is 13.6. The molecule has 0 aromatic heterocycles. The Labute approximate surface area is 212 Å². The van der Waals surface area contributed by atoms with Crippen molar-refractivity contribution in [3.05, 3.63) is 71.8 Å². The molecule has 2 aromatic rings. The zero-order valence-corrected chi connectivity index (χ0v) is 21.3. The molecule has 2 N–H and O–H groups in total. The molecule has 0 bridgehead atoms. The summed E-state index contributed by atoms with van der Waals surface area (Å²) in [5, 5.41) is 5.94. The van der Waals surface area contributed by atoms with Crippen LogP contribution in [0.15, 0.2) is 60.7 Å². The van der Waals surface area contributed by atoms with E-state index in [-0.39, 0.29) is 17.7 Å². The number of nitrogens with zero attached hydrogens (tertiary/aromatic N) is 2. The number of hydrogen-bond donors (Lipinski definition) is 2. The maximum absolute atomic E-state index is 13.3. The summed E-state index contributed by atoms with van der Waals surface area (Å²) < 4.78 is 0. The molecule has 8 heteroatoms. The van der Waals surface area contributed by atoms with Crippen molar-refractivity contribution in [2.45, 2.75) is 25.3 Å². The molecule has 188 valence electrons. The third kappa shape index (κ3) is 9.03. The minimum Gasteiger partial charge on any atom is -0.355 e. The van der Waals surface area contributed by atoms with E-state index in [9.17, 15) is 14.4 Å². The second-order valence-corrected chi connectivity index (χ2v) is 9.70. The van der Waals surface area contributed by atoms with E-state index in [4.69, 9.17) is 0 Å². The van der Waals surface area contributed by atoms with Crippen LogP contribution >= 0.6 is 11.8 Å². The molecule has 1 unspecified atom stereocenters. The van der Waals surface area contributed by atoms with Gasteiger partial charge in [-0.25, -0.2) is 0 Å². The molecule has 0 spiro atoms. The summed E-state index contributed by atoms with van der Waals surface area (Å²) in [6.45, 7) is 3.52. The van der Waals surface area contributed by atoms with Crippen LogP contribution in [0.1, 0.15) is 28.8 Å². The van der Waals surface area contributed by atoms with Crippen LogP contribution in [-0.2, 0) is 16.0 Å². The van der Waals surface area contributed by atoms with Crippen LogP contribution in [0.3, 0.4) is 0 Å². The maximum Gasteiger partial charge on any atom is 0.251 e. The largest absolute Gasteiger partial charge is 0.355 e. The van der Waals surface area contributed by atoms with Crippen molar-refractivity contribution in [2.24, 2.45) is 0 Å². The predicted molar refractivity (Wildman–Crippen MR) is 141 cm³/mol. The van der Waals surface area contributed by atoms with Crippen LogP contribution in [-0.4, -0.2) is 84.8 Å². The molecule has 0 radical (unpaired) electrons. The smallest absolute Gasteiger partial charge is 0.251 e. The Balaban J connectivity index is 1.47. The molecule has 1 aliphatic heterocycles. The summed E-state index contributed by atoms with van der Waals surface area (Å²) in [5.41, 5.74) is 1.75. The van der Waals surface area contributed by atoms with Gasteiger partial charge in [-0.3, -0.25) is 19.3 Å². The van der Waals surface area contributed by atoms with Crippen LogP contribution in [0.5, 0.6) is 0 Å². The number of thioether (sulfide) groups is 1. The minimum atomic E-state index is -0.553. The third-order valence-corrected chi connectivity index (χ3v) is 6.74. The summed E-state index contributed by atoms with van der Waals surface area (Å²) >= 11 is 1.66. The lowest BCUT2D eigenvalue weighted by Gasteiger charge is -2.27. The molecule has 1 saturated heterocycles. The fourth-order valence-corrected chi connectivity index (χ4v) is 4.62. The van der Waals surface area contributed by atoms with Gasteiger partial charge in [0.15, 0.2) is 0 Å². The highest BCUT2D eigenvalue weighted by molar-refractivity contribution is 7.98. The molecule has 1 atom stereocenters. The minimum absolute atomic E-state index is 0.00804. The lowest BCUT2D eigenvalue weighted by atomic mass is 10.1. The number of benzene rings is 2. The van der Waals surface area contributed by atoms with Gasteiger partial charge >= 0.3 is 0 Å². The highest BCUT2D eigenvalue weighted by atomic mass is 32.2. The Hall–Kier alpha value is -2.84. The Bertz CT molecular complexity index is 942. The fraction of sp³-hybridized carbons (Fsp3) is 0.444. The molecule has 0 aliphatic carbocycles. The maximum atomic E-state index is 13.3. The van der Waals surface area contributed by atoms with Crippen molar-refractivity contribution in [1.82, 2.24) is 20.4 Å². The monoisotopic (exact) mass is 496 g/mol. The van der Waals surface area contributed by atoms with Crippen molar-refractivity contribution in [1.29, 1.82) is 0 Å². The van der Waals surface area contributed by atoms with Gasteiger partial charge in [-0.15, -0.1) is 0 Å². The van der Waals surface area contributed by atoms with Crippen molar-refractivity contribution in [3.63, 3.8) is 0 Å². The SMILES string of the molecule is CSCCC(NC(=O)c1ccccc1)C(=O)N1CCCN(CC(=O)NCCc2ccccc2)CC1. The first kappa shape index (κ1) is 26.8. The summed E-state index contributed by atoms with van der Waals surface area (Å²) in [6, 6.07) is 18.5. The Morgan fingerprint density at radius 1 is 0.943 bits per heavy atom. The molecular weight excluding hydrogens is 460 g/mol. The van der Waals surface area contributed by atoms with Gasteiger partial charge in [-0.1, -0.05) is 48.5 Å². The highest BCUT2D eigenvalue weighted by Gasteiger charge is 2.28. The molecule has 3 rings (SSSR count). The van der Waals surface area contributed by atoms with Crippen molar-refractivity contribution < 1.29 is 14.4 Å². The van der Waals surface area contributed by atoms with E-state index in [0.29, 0.717) is 44.7 Å².